The lowest BCUT2D eigenvalue weighted by molar-refractivity contribution is 0.0695. The molecule has 0 heterocycles. The molecular weight excluding hydrogens is 159 g/mol. The summed E-state index contributed by atoms with van der Waals surface area (Å²) in [5.41, 5.74) is 0.710. The molecule has 1 N–H and O–H groups in total. The number of carbonyl (C=O) groups is 1. The van der Waals surface area contributed by atoms with Crippen molar-refractivity contribution in [1.82, 2.24) is 0 Å². The predicted molar refractivity (Wildman–Crippen MR) is 42.7 cm³/mol. The van der Waals surface area contributed by atoms with E-state index in [4.69, 9.17) is 5.11 Å². The van der Waals surface area contributed by atoms with Crippen LogP contribution in [0.1, 0.15) is 22.8 Å². The van der Waals surface area contributed by atoms with E-state index in [9.17, 15) is 9.18 Å². The van der Waals surface area contributed by atoms with E-state index >= 15 is 0 Å². The second-order valence-electron chi connectivity index (χ2n) is 2.46. The number of benzene rings is 1. The fraction of sp³-hybridized carbons (Fsp3) is 0.222. The lowest BCUT2D eigenvalue weighted by atomic mass is 10.1. The second-order valence-corrected chi connectivity index (χ2v) is 2.46. The van der Waals surface area contributed by atoms with Gasteiger partial charge in [0, 0.05) is 0 Å². The average Bonchev–Trinajstić information content (AvgIpc) is 2.03. The van der Waals surface area contributed by atoms with Gasteiger partial charge in [0.25, 0.3) is 0 Å². The van der Waals surface area contributed by atoms with Gasteiger partial charge >= 0.3 is 5.97 Å². The number of aromatic carboxylic acids is 1. The molecule has 1 aromatic carbocycles. The van der Waals surface area contributed by atoms with E-state index in [1.165, 1.54) is 12.1 Å². The molecule has 1 aromatic rings. The number of hydrogen-bond acceptors (Lipinski definition) is 1. The van der Waals surface area contributed by atoms with E-state index in [0.29, 0.717) is 12.0 Å². The minimum absolute atomic E-state index is 0.180. The van der Waals surface area contributed by atoms with E-state index in [2.05, 4.69) is 0 Å². The lowest BCUT2D eigenvalue weighted by Gasteiger charge is -2.01. The number of carboxylic acid groups (broad SMARTS) is 1. The standard InChI is InChI=1S/C9H9FO2/c1-2-6-5-7(10)3-4-8(6)9(11)12/h3-5H,2H2,1H3,(H,11,12). The summed E-state index contributed by atoms with van der Waals surface area (Å²) in [6, 6.07) is 3.70. The van der Waals surface area contributed by atoms with Crippen LogP contribution in [0.3, 0.4) is 0 Å². The molecule has 0 radical (unpaired) electrons. The third-order valence-corrected chi connectivity index (χ3v) is 1.68. The van der Waals surface area contributed by atoms with Crippen LogP contribution < -0.4 is 0 Å². The Labute approximate surface area is 69.6 Å². The van der Waals surface area contributed by atoms with Gasteiger partial charge in [0.15, 0.2) is 0 Å². The molecule has 0 spiro atoms. The highest BCUT2D eigenvalue weighted by Gasteiger charge is 2.08. The lowest BCUT2D eigenvalue weighted by Crippen LogP contribution is -2.01. The second kappa shape index (κ2) is 3.34. The van der Waals surface area contributed by atoms with Crippen molar-refractivity contribution in [3.63, 3.8) is 0 Å². The van der Waals surface area contributed by atoms with Gasteiger partial charge in [-0.15, -0.1) is 0 Å². The molecule has 0 amide bonds. The molecule has 0 saturated heterocycles. The predicted octanol–water partition coefficient (Wildman–Crippen LogP) is 2.09. The van der Waals surface area contributed by atoms with Crippen LogP contribution >= 0.6 is 0 Å². The summed E-state index contributed by atoms with van der Waals surface area (Å²) in [5, 5.41) is 8.67. The van der Waals surface area contributed by atoms with E-state index in [1.807, 2.05) is 0 Å². The van der Waals surface area contributed by atoms with Gasteiger partial charge in [-0.2, -0.15) is 0 Å². The van der Waals surface area contributed by atoms with E-state index < -0.39 is 11.8 Å². The van der Waals surface area contributed by atoms with Gasteiger partial charge in [-0.1, -0.05) is 6.92 Å². The maximum Gasteiger partial charge on any atom is 0.335 e. The van der Waals surface area contributed by atoms with E-state index in [1.54, 1.807) is 6.92 Å². The van der Waals surface area contributed by atoms with Crippen LogP contribution in [0.5, 0.6) is 0 Å². The molecule has 12 heavy (non-hydrogen) atoms. The number of rotatable bonds is 2. The Hall–Kier alpha value is -1.38. The summed E-state index contributed by atoms with van der Waals surface area (Å²) in [6.45, 7) is 1.79. The first-order valence-electron chi connectivity index (χ1n) is 3.67. The fourth-order valence-electron chi connectivity index (χ4n) is 1.06. The molecule has 1 rings (SSSR count). The van der Waals surface area contributed by atoms with Crippen LogP contribution in [0.2, 0.25) is 0 Å². The maximum atomic E-state index is 12.6. The highest BCUT2D eigenvalue weighted by atomic mass is 19.1. The zero-order valence-electron chi connectivity index (χ0n) is 6.67. The van der Waals surface area contributed by atoms with Crippen LogP contribution in [0.4, 0.5) is 4.39 Å². The minimum atomic E-state index is -1.01. The Bertz CT molecular complexity index is 307. The quantitative estimate of drug-likeness (QED) is 0.734. The van der Waals surface area contributed by atoms with Gasteiger partial charge in [0.2, 0.25) is 0 Å². The molecule has 0 aliphatic carbocycles. The molecule has 0 bridgehead atoms. The largest absolute Gasteiger partial charge is 0.478 e. The monoisotopic (exact) mass is 168 g/mol. The van der Waals surface area contributed by atoms with Gasteiger partial charge < -0.3 is 5.11 Å². The molecule has 0 aromatic heterocycles. The van der Waals surface area contributed by atoms with Crippen molar-refractivity contribution in [2.24, 2.45) is 0 Å². The number of aryl methyl sites for hydroxylation is 1. The summed E-state index contributed by atoms with van der Waals surface area (Å²) >= 11 is 0. The first-order valence-corrected chi connectivity index (χ1v) is 3.67. The Morgan fingerprint density at radius 3 is 2.75 bits per heavy atom. The van der Waals surface area contributed by atoms with Crippen LogP contribution in [0.15, 0.2) is 18.2 Å². The van der Waals surface area contributed by atoms with Gasteiger partial charge in [0.05, 0.1) is 5.56 Å². The van der Waals surface area contributed by atoms with Crippen LogP contribution in [0, 0.1) is 5.82 Å². The fourth-order valence-corrected chi connectivity index (χ4v) is 1.06. The minimum Gasteiger partial charge on any atom is -0.478 e. The van der Waals surface area contributed by atoms with Gasteiger partial charge in [-0.3, -0.25) is 0 Å². The zero-order chi connectivity index (χ0) is 9.14. The first-order chi connectivity index (χ1) is 5.65. The SMILES string of the molecule is CCc1cc(F)ccc1C(=O)O. The van der Waals surface area contributed by atoms with Crippen molar-refractivity contribution < 1.29 is 14.3 Å². The van der Waals surface area contributed by atoms with Crippen LogP contribution in [-0.4, -0.2) is 11.1 Å². The van der Waals surface area contributed by atoms with Crippen LogP contribution in [0.25, 0.3) is 0 Å². The zero-order valence-corrected chi connectivity index (χ0v) is 6.67. The molecule has 3 heteroatoms. The van der Waals surface area contributed by atoms with Crippen molar-refractivity contribution in [3.05, 3.63) is 35.1 Å². The summed E-state index contributed by atoms with van der Waals surface area (Å²) < 4.78 is 12.6. The Balaban J connectivity index is 3.20. The summed E-state index contributed by atoms with van der Waals surface area (Å²) in [6.07, 6.45) is 0.527. The molecule has 0 saturated carbocycles. The molecule has 0 atom stereocenters. The highest BCUT2D eigenvalue weighted by molar-refractivity contribution is 5.89. The topological polar surface area (TPSA) is 37.3 Å². The van der Waals surface area contributed by atoms with Gasteiger partial charge in [-0.05, 0) is 30.2 Å². The first kappa shape index (κ1) is 8.71. The van der Waals surface area contributed by atoms with Crippen molar-refractivity contribution in [2.45, 2.75) is 13.3 Å². The van der Waals surface area contributed by atoms with Gasteiger partial charge in [-0.25, -0.2) is 9.18 Å². The van der Waals surface area contributed by atoms with Gasteiger partial charge in [0.1, 0.15) is 5.82 Å². The summed E-state index contributed by atoms with van der Waals surface area (Å²) in [4.78, 5) is 10.6. The Morgan fingerprint density at radius 2 is 2.25 bits per heavy atom. The molecule has 0 fully saturated rings. The summed E-state index contributed by atoms with van der Waals surface area (Å²) in [5.74, 6) is -1.40. The third-order valence-electron chi connectivity index (χ3n) is 1.68. The summed E-state index contributed by atoms with van der Waals surface area (Å²) in [7, 11) is 0. The normalized spacial score (nSPS) is 9.83. The van der Waals surface area contributed by atoms with Crippen molar-refractivity contribution in [2.75, 3.05) is 0 Å². The Morgan fingerprint density at radius 1 is 1.58 bits per heavy atom. The number of carboxylic acids is 1. The van der Waals surface area contributed by atoms with E-state index in [-0.39, 0.29) is 5.56 Å². The molecular formula is C9H9FO2. The Kier molecular flexibility index (Phi) is 2.43. The van der Waals surface area contributed by atoms with E-state index in [0.717, 1.165) is 6.07 Å². The average molecular weight is 168 g/mol. The van der Waals surface area contributed by atoms with Crippen molar-refractivity contribution in [1.29, 1.82) is 0 Å². The maximum absolute atomic E-state index is 12.6. The highest BCUT2D eigenvalue weighted by Crippen LogP contribution is 2.11. The molecule has 2 nitrogen and oxygen atoms in total. The van der Waals surface area contributed by atoms with Crippen LogP contribution in [-0.2, 0) is 6.42 Å². The molecule has 64 valence electrons. The molecule has 0 unspecified atom stereocenters. The van der Waals surface area contributed by atoms with Crippen molar-refractivity contribution in [3.8, 4) is 0 Å². The third kappa shape index (κ3) is 1.61. The molecule has 0 aliphatic heterocycles. The number of halogens is 1. The number of hydrogen-bond donors (Lipinski definition) is 1. The smallest absolute Gasteiger partial charge is 0.335 e. The van der Waals surface area contributed by atoms with Crippen molar-refractivity contribution >= 4 is 5.97 Å². The molecule has 0 aliphatic rings.